The minimum absolute atomic E-state index is 0.0997. The molecule has 1 fully saturated rings. The molecule has 28 heavy (non-hydrogen) atoms. The fourth-order valence-corrected chi connectivity index (χ4v) is 3.38. The summed E-state index contributed by atoms with van der Waals surface area (Å²) in [4.78, 5) is 11.2. The number of rotatable bonds is 8. The Labute approximate surface area is 164 Å². The minimum atomic E-state index is -0.193. The largest absolute Gasteiger partial charge is 0.494 e. The lowest BCUT2D eigenvalue weighted by molar-refractivity contribution is -0.119. The highest BCUT2D eigenvalue weighted by Gasteiger charge is 2.33. The van der Waals surface area contributed by atoms with E-state index in [2.05, 4.69) is 16.5 Å². The summed E-state index contributed by atoms with van der Waals surface area (Å²) in [6.07, 6.45) is 1.92. The second-order valence-electron chi connectivity index (χ2n) is 7.12. The van der Waals surface area contributed by atoms with E-state index >= 15 is 0 Å². The molecular formula is C21H25N3O4. The summed E-state index contributed by atoms with van der Waals surface area (Å²) in [5.74, 6) is 2.57. The van der Waals surface area contributed by atoms with Crippen molar-refractivity contribution in [2.24, 2.45) is 5.92 Å². The maximum Gasteiger partial charge on any atom is 0.217 e. The third-order valence-corrected chi connectivity index (χ3v) is 4.90. The number of nitrogens with one attached hydrogen (secondary N) is 1. The summed E-state index contributed by atoms with van der Waals surface area (Å²) >= 11 is 0. The molecule has 7 nitrogen and oxygen atoms in total. The normalized spacial score (nSPS) is 19.2. The number of carbonyl (C=O) groups excluding carboxylic acids is 1. The predicted molar refractivity (Wildman–Crippen MR) is 102 cm³/mol. The molecule has 1 aliphatic carbocycles. The van der Waals surface area contributed by atoms with E-state index in [-0.39, 0.29) is 11.9 Å². The molecule has 1 aliphatic rings. The number of hydrogen-bond donors (Lipinski definition) is 1. The van der Waals surface area contributed by atoms with Gasteiger partial charge in [-0.05, 0) is 44.7 Å². The summed E-state index contributed by atoms with van der Waals surface area (Å²) in [7, 11) is 0. The molecule has 1 amide bonds. The Bertz CT molecular complexity index is 865. The maximum absolute atomic E-state index is 11.2. The van der Waals surface area contributed by atoms with Crippen molar-refractivity contribution in [3.63, 3.8) is 0 Å². The number of carbonyl (C=O) groups is 1. The molecule has 3 rings (SSSR count). The van der Waals surface area contributed by atoms with E-state index in [1.807, 2.05) is 26.0 Å². The van der Waals surface area contributed by atoms with Crippen LogP contribution in [0.3, 0.4) is 0 Å². The smallest absolute Gasteiger partial charge is 0.217 e. The van der Waals surface area contributed by atoms with Gasteiger partial charge < -0.3 is 19.3 Å². The van der Waals surface area contributed by atoms with Crippen molar-refractivity contribution in [3.05, 3.63) is 41.3 Å². The highest BCUT2D eigenvalue weighted by Crippen LogP contribution is 2.42. The van der Waals surface area contributed by atoms with Crippen molar-refractivity contribution in [1.82, 2.24) is 10.5 Å². The van der Waals surface area contributed by atoms with E-state index in [1.165, 1.54) is 6.92 Å². The van der Waals surface area contributed by atoms with E-state index in [0.717, 1.165) is 18.5 Å². The lowest BCUT2D eigenvalue weighted by atomic mass is 9.73. The highest BCUT2D eigenvalue weighted by molar-refractivity contribution is 5.73. The van der Waals surface area contributed by atoms with E-state index in [1.54, 1.807) is 12.1 Å². The van der Waals surface area contributed by atoms with Gasteiger partial charge in [0.1, 0.15) is 17.6 Å². The van der Waals surface area contributed by atoms with E-state index in [0.29, 0.717) is 47.9 Å². The molecule has 0 spiro atoms. The molecule has 1 atom stereocenters. The number of nitriles is 1. The molecule has 1 saturated carbocycles. The van der Waals surface area contributed by atoms with Crippen LogP contribution in [0.5, 0.6) is 11.5 Å². The number of hydrogen-bond acceptors (Lipinski definition) is 6. The van der Waals surface area contributed by atoms with Crippen LogP contribution in [0, 0.1) is 17.2 Å². The molecule has 1 aromatic heterocycles. The average molecular weight is 383 g/mol. The first-order chi connectivity index (χ1) is 13.5. The van der Waals surface area contributed by atoms with E-state index < -0.39 is 0 Å². The van der Waals surface area contributed by atoms with Gasteiger partial charge in [0, 0.05) is 25.0 Å². The summed E-state index contributed by atoms with van der Waals surface area (Å²) in [6.45, 7) is 6.37. The molecule has 1 aromatic carbocycles. The highest BCUT2D eigenvalue weighted by atomic mass is 16.5. The second-order valence-corrected chi connectivity index (χ2v) is 7.12. The molecule has 0 bridgehead atoms. The van der Waals surface area contributed by atoms with Crippen molar-refractivity contribution < 1.29 is 18.8 Å². The molecule has 1 heterocycles. The first kappa shape index (κ1) is 19.7. The van der Waals surface area contributed by atoms with Gasteiger partial charge in [-0.1, -0.05) is 5.16 Å². The van der Waals surface area contributed by atoms with E-state index in [9.17, 15) is 10.1 Å². The monoisotopic (exact) mass is 383 g/mol. The molecule has 148 valence electrons. The molecule has 0 unspecified atom stereocenters. The van der Waals surface area contributed by atoms with Crippen LogP contribution in [0.1, 0.15) is 62.6 Å². The van der Waals surface area contributed by atoms with Crippen LogP contribution in [0.4, 0.5) is 0 Å². The third-order valence-electron chi connectivity index (χ3n) is 4.90. The van der Waals surface area contributed by atoms with Gasteiger partial charge >= 0.3 is 0 Å². The standard InChI is InChI=1S/C21H25N3O4/c1-4-26-18-5-6-20(17(9-18)11-22)27-12-15-7-16(8-15)19-10-21(28-24-19)13(2)23-14(3)25/h5-6,9-10,13,15-16H,4,7-8,12H2,1-3H3,(H,23,25)/t13-,15?,16?/m0/s1. The topological polar surface area (TPSA) is 97.4 Å². The Morgan fingerprint density at radius 3 is 2.86 bits per heavy atom. The zero-order valence-corrected chi connectivity index (χ0v) is 16.4. The number of nitrogens with zero attached hydrogens (tertiary/aromatic N) is 2. The Hall–Kier alpha value is -3.01. The molecule has 7 heteroatoms. The van der Waals surface area contributed by atoms with Crippen LogP contribution >= 0.6 is 0 Å². The minimum Gasteiger partial charge on any atom is -0.494 e. The van der Waals surface area contributed by atoms with Crippen LogP contribution in [-0.4, -0.2) is 24.3 Å². The lowest BCUT2D eigenvalue weighted by Crippen LogP contribution is -2.27. The first-order valence-electron chi connectivity index (χ1n) is 9.53. The number of aromatic nitrogens is 1. The van der Waals surface area contributed by atoms with Gasteiger partial charge in [0.15, 0.2) is 5.76 Å². The number of ether oxygens (including phenoxy) is 2. The van der Waals surface area contributed by atoms with Gasteiger partial charge in [-0.3, -0.25) is 4.79 Å². The maximum atomic E-state index is 11.2. The number of amides is 1. The Balaban J connectivity index is 1.50. The average Bonchev–Trinajstić information content (AvgIpc) is 3.10. The Morgan fingerprint density at radius 1 is 1.39 bits per heavy atom. The Kier molecular flexibility index (Phi) is 6.19. The predicted octanol–water partition coefficient (Wildman–Crippen LogP) is 3.71. The molecule has 0 aliphatic heterocycles. The molecular weight excluding hydrogens is 358 g/mol. The van der Waals surface area contributed by atoms with Crippen molar-refractivity contribution in [2.75, 3.05) is 13.2 Å². The van der Waals surface area contributed by atoms with Crippen molar-refractivity contribution >= 4 is 5.91 Å². The summed E-state index contributed by atoms with van der Waals surface area (Å²) in [5, 5.41) is 16.2. The summed E-state index contributed by atoms with van der Waals surface area (Å²) in [5.41, 5.74) is 1.40. The fourth-order valence-electron chi connectivity index (χ4n) is 3.38. The van der Waals surface area contributed by atoms with Crippen molar-refractivity contribution in [2.45, 2.75) is 45.6 Å². The third kappa shape index (κ3) is 4.63. The SMILES string of the molecule is CCOc1ccc(OCC2CC(c3cc([C@H](C)NC(C)=O)on3)C2)c(C#N)c1. The molecule has 0 radical (unpaired) electrons. The van der Waals surface area contributed by atoms with Crippen molar-refractivity contribution in [1.29, 1.82) is 5.26 Å². The van der Waals surface area contributed by atoms with Gasteiger partial charge in [-0.2, -0.15) is 5.26 Å². The molecule has 0 saturated heterocycles. The molecule has 2 aromatic rings. The second kappa shape index (κ2) is 8.79. The van der Waals surface area contributed by atoms with E-state index in [4.69, 9.17) is 14.0 Å². The lowest BCUT2D eigenvalue weighted by Gasteiger charge is -2.33. The Morgan fingerprint density at radius 2 is 2.18 bits per heavy atom. The van der Waals surface area contributed by atoms with Crippen LogP contribution < -0.4 is 14.8 Å². The fraction of sp³-hybridized carbons (Fsp3) is 0.476. The first-order valence-corrected chi connectivity index (χ1v) is 9.53. The quantitative estimate of drug-likeness (QED) is 0.746. The van der Waals surface area contributed by atoms with Gasteiger partial charge in [0.05, 0.1) is 30.5 Å². The van der Waals surface area contributed by atoms with Crippen molar-refractivity contribution in [3.8, 4) is 17.6 Å². The summed E-state index contributed by atoms with van der Waals surface area (Å²) in [6, 6.07) is 9.19. The van der Waals surface area contributed by atoms with Crippen LogP contribution in [-0.2, 0) is 4.79 Å². The van der Waals surface area contributed by atoms with Gasteiger partial charge in [-0.25, -0.2) is 0 Å². The summed E-state index contributed by atoms with van der Waals surface area (Å²) < 4.78 is 16.7. The van der Waals surface area contributed by atoms with Gasteiger partial charge in [0.2, 0.25) is 5.91 Å². The zero-order valence-electron chi connectivity index (χ0n) is 16.4. The molecule has 1 N–H and O–H groups in total. The van der Waals surface area contributed by atoms with Gasteiger partial charge in [0.25, 0.3) is 0 Å². The van der Waals surface area contributed by atoms with Crippen LogP contribution in [0.2, 0.25) is 0 Å². The van der Waals surface area contributed by atoms with Crippen LogP contribution in [0.25, 0.3) is 0 Å². The van der Waals surface area contributed by atoms with Gasteiger partial charge in [-0.15, -0.1) is 0 Å². The van der Waals surface area contributed by atoms with Crippen LogP contribution in [0.15, 0.2) is 28.8 Å². The zero-order chi connectivity index (χ0) is 20.1. The number of benzene rings is 1.